The van der Waals surface area contributed by atoms with E-state index in [-0.39, 0.29) is 23.3 Å². The van der Waals surface area contributed by atoms with Crippen molar-refractivity contribution in [1.82, 2.24) is 4.90 Å². The lowest BCUT2D eigenvalue weighted by molar-refractivity contribution is -0.0775. The molecule has 0 radical (unpaired) electrons. The zero-order valence-electron chi connectivity index (χ0n) is 15.0. The van der Waals surface area contributed by atoms with Crippen LogP contribution < -0.4 is 0 Å². The lowest BCUT2D eigenvalue weighted by Crippen LogP contribution is -2.52. The number of rotatable bonds is 6. The van der Waals surface area contributed by atoms with Gasteiger partial charge in [-0.05, 0) is 43.9 Å². The first-order chi connectivity index (χ1) is 11.9. The van der Waals surface area contributed by atoms with E-state index in [4.69, 9.17) is 9.47 Å². The van der Waals surface area contributed by atoms with Crippen molar-refractivity contribution in [3.8, 4) is 0 Å². The summed E-state index contributed by atoms with van der Waals surface area (Å²) in [4.78, 5) is 14.7. The topological polar surface area (TPSA) is 42.1 Å². The standard InChI is InChI=1S/C20H26BrNO3/c1-14(16-5-7-17(21)8-6-16)22-10-9-20(25-18(22)23,11-15-3-4-15)12-19(2)13-24-19/h5-8,14-15H,3-4,9-13H2,1-2H3/t14-,19?,20?/m0/s1. The average Bonchev–Trinajstić information content (AvgIpc) is 3.48. The summed E-state index contributed by atoms with van der Waals surface area (Å²) in [5, 5.41) is 0. The molecule has 25 heavy (non-hydrogen) atoms. The minimum absolute atomic E-state index is 0.0206. The summed E-state index contributed by atoms with van der Waals surface area (Å²) in [7, 11) is 0. The summed E-state index contributed by atoms with van der Waals surface area (Å²) >= 11 is 3.46. The van der Waals surface area contributed by atoms with Crippen molar-refractivity contribution < 1.29 is 14.3 Å². The number of benzene rings is 1. The van der Waals surface area contributed by atoms with Gasteiger partial charge in [0.25, 0.3) is 0 Å². The fourth-order valence-corrected chi connectivity index (χ4v) is 4.34. The molecule has 0 bridgehead atoms. The van der Waals surface area contributed by atoms with Gasteiger partial charge in [-0.2, -0.15) is 0 Å². The molecule has 1 aromatic rings. The van der Waals surface area contributed by atoms with Crippen LogP contribution in [0, 0.1) is 5.92 Å². The van der Waals surface area contributed by atoms with E-state index in [1.165, 1.54) is 12.8 Å². The number of hydrogen-bond acceptors (Lipinski definition) is 3. The van der Waals surface area contributed by atoms with Gasteiger partial charge < -0.3 is 14.4 Å². The molecule has 1 amide bonds. The Morgan fingerprint density at radius 1 is 1.32 bits per heavy atom. The number of hydrogen-bond donors (Lipinski definition) is 0. The highest BCUT2D eigenvalue weighted by Gasteiger charge is 2.53. The van der Waals surface area contributed by atoms with Crippen LogP contribution in [0.3, 0.4) is 0 Å². The molecule has 0 N–H and O–H groups in total. The number of ether oxygens (including phenoxy) is 2. The molecular formula is C20H26BrNO3. The van der Waals surface area contributed by atoms with Crippen molar-refractivity contribution in [3.05, 3.63) is 34.3 Å². The highest BCUT2D eigenvalue weighted by molar-refractivity contribution is 9.10. The molecule has 1 saturated carbocycles. The molecule has 3 aliphatic rings. The van der Waals surface area contributed by atoms with Crippen LogP contribution in [0.1, 0.15) is 57.6 Å². The Bertz CT molecular complexity index is 653. The van der Waals surface area contributed by atoms with Crippen LogP contribution >= 0.6 is 15.9 Å². The maximum Gasteiger partial charge on any atom is 0.410 e. The van der Waals surface area contributed by atoms with Crippen molar-refractivity contribution in [1.29, 1.82) is 0 Å². The third-order valence-electron chi connectivity index (χ3n) is 5.86. The predicted molar refractivity (Wildman–Crippen MR) is 99.4 cm³/mol. The van der Waals surface area contributed by atoms with E-state index >= 15 is 0 Å². The minimum atomic E-state index is -0.334. The van der Waals surface area contributed by atoms with Crippen LogP contribution in [0.2, 0.25) is 0 Å². The summed E-state index contributed by atoms with van der Waals surface area (Å²) in [5.41, 5.74) is 0.709. The van der Waals surface area contributed by atoms with Crippen LogP contribution in [-0.2, 0) is 9.47 Å². The summed E-state index contributed by atoms with van der Waals surface area (Å²) in [6.45, 7) is 5.74. The highest BCUT2D eigenvalue weighted by Crippen LogP contribution is 2.48. The van der Waals surface area contributed by atoms with Gasteiger partial charge in [0.2, 0.25) is 0 Å². The van der Waals surface area contributed by atoms with Crippen LogP contribution in [0.25, 0.3) is 0 Å². The van der Waals surface area contributed by atoms with Gasteiger partial charge in [-0.1, -0.05) is 40.9 Å². The maximum absolute atomic E-state index is 12.9. The number of nitrogens with zero attached hydrogens (tertiary/aromatic N) is 1. The number of cyclic esters (lactones) is 1. The Morgan fingerprint density at radius 2 is 2.00 bits per heavy atom. The number of halogens is 1. The Hall–Kier alpha value is -1.07. The highest BCUT2D eigenvalue weighted by atomic mass is 79.9. The second-order valence-electron chi connectivity index (χ2n) is 8.28. The quantitative estimate of drug-likeness (QED) is 0.618. The number of epoxide rings is 1. The Labute approximate surface area is 158 Å². The summed E-state index contributed by atoms with van der Waals surface area (Å²) < 4.78 is 12.8. The molecule has 4 rings (SSSR count). The molecule has 2 saturated heterocycles. The lowest BCUT2D eigenvalue weighted by atomic mass is 9.82. The van der Waals surface area contributed by atoms with Gasteiger partial charge in [0.1, 0.15) is 5.60 Å². The molecule has 0 spiro atoms. The third-order valence-corrected chi connectivity index (χ3v) is 6.39. The van der Waals surface area contributed by atoms with Gasteiger partial charge >= 0.3 is 6.09 Å². The molecule has 5 heteroatoms. The fraction of sp³-hybridized carbons (Fsp3) is 0.650. The number of amides is 1. The first kappa shape index (κ1) is 17.3. The summed E-state index contributed by atoms with van der Waals surface area (Å²) in [6.07, 6.45) is 5.11. The monoisotopic (exact) mass is 407 g/mol. The first-order valence-electron chi connectivity index (χ1n) is 9.27. The molecule has 1 aromatic carbocycles. The summed E-state index contributed by atoms with van der Waals surface area (Å²) in [6, 6.07) is 8.18. The van der Waals surface area contributed by atoms with E-state index in [1.807, 2.05) is 17.0 Å². The summed E-state index contributed by atoms with van der Waals surface area (Å²) in [5.74, 6) is 0.727. The minimum Gasteiger partial charge on any atom is -0.443 e. The van der Waals surface area contributed by atoms with E-state index < -0.39 is 0 Å². The molecule has 2 aliphatic heterocycles. The van der Waals surface area contributed by atoms with Gasteiger partial charge in [0.05, 0.1) is 18.2 Å². The normalized spacial score (nSPS) is 33.1. The zero-order chi connectivity index (χ0) is 17.7. The van der Waals surface area contributed by atoms with E-state index in [0.29, 0.717) is 0 Å². The van der Waals surface area contributed by atoms with Crippen molar-refractivity contribution in [3.63, 3.8) is 0 Å². The van der Waals surface area contributed by atoms with Gasteiger partial charge in [-0.3, -0.25) is 0 Å². The molecule has 3 fully saturated rings. The second-order valence-corrected chi connectivity index (χ2v) is 9.20. The zero-order valence-corrected chi connectivity index (χ0v) is 16.5. The molecule has 4 nitrogen and oxygen atoms in total. The van der Waals surface area contributed by atoms with Crippen LogP contribution in [-0.4, -0.2) is 35.3 Å². The van der Waals surface area contributed by atoms with Crippen molar-refractivity contribution in [2.75, 3.05) is 13.2 Å². The molecule has 136 valence electrons. The van der Waals surface area contributed by atoms with Gasteiger partial charge in [-0.15, -0.1) is 0 Å². The Balaban J connectivity index is 1.47. The Kier molecular flexibility index (Phi) is 4.35. The van der Waals surface area contributed by atoms with Gasteiger partial charge in [-0.25, -0.2) is 4.79 Å². The number of carbonyl (C=O) groups is 1. The van der Waals surface area contributed by atoms with Crippen LogP contribution in [0.15, 0.2) is 28.7 Å². The van der Waals surface area contributed by atoms with E-state index in [0.717, 1.165) is 48.4 Å². The first-order valence-corrected chi connectivity index (χ1v) is 10.1. The maximum atomic E-state index is 12.9. The van der Waals surface area contributed by atoms with Gasteiger partial charge in [0.15, 0.2) is 0 Å². The molecule has 2 unspecified atom stereocenters. The van der Waals surface area contributed by atoms with Crippen LogP contribution in [0.4, 0.5) is 4.79 Å². The number of carbonyl (C=O) groups excluding carboxylic acids is 1. The van der Waals surface area contributed by atoms with Crippen molar-refractivity contribution in [2.45, 2.75) is 63.2 Å². The van der Waals surface area contributed by atoms with Crippen molar-refractivity contribution in [2.24, 2.45) is 5.92 Å². The van der Waals surface area contributed by atoms with Gasteiger partial charge in [0, 0.05) is 23.9 Å². The van der Waals surface area contributed by atoms with E-state index in [2.05, 4.69) is 41.9 Å². The third kappa shape index (κ3) is 3.87. The largest absolute Gasteiger partial charge is 0.443 e. The lowest BCUT2D eigenvalue weighted by Gasteiger charge is -2.44. The molecule has 2 heterocycles. The smallest absolute Gasteiger partial charge is 0.410 e. The van der Waals surface area contributed by atoms with E-state index in [9.17, 15) is 4.79 Å². The fourth-order valence-electron chi connectivity index (χ4n) is 4.08. The molecule has 3 atom stereocenters. The molecule has 1 aliphatic carbocycles. The SMILES string of the molecule is C[C@@H](c1ccc(Br)cc1)N1CCC(CC2CC2)(CC2(C)CO2)OC1=O. The Morgan fingerprint density at radius 3 is 2.56 bits per heavy atom. The average molecular weight is 408 g/mol. The van der Waals surface area contributed by atoms with Crippen molar-refractivity contribution >= 4 is 22.0 Å². The van der Waals surface area contributed by atoms with Crippen LogP contribution in [0.5, 0.6) is 0 Å². The molecule has 0 aromatic heterocycles. The molecular weight excluding hydrogens is 382 g/mol. The second kappa shape index (κ2) is 6.27. The van der Waals surface area contributed by atoms with E-state index in [1.54, 1.807) is 0 Å². The predicted octanol–water partition coefficient (Wildman–Crippen LogP) is 5.07.